The largest absolute Gasteiger partial charge is 0.508 e. The van der Waals surface area contributed by atoms with Crippen molar-refractivity contribution in [1.82, 2.24) is 0 Å². The summed E-state index contributed by atoms with van der Waals surface area (Å²) < 4.78 is 0. The minimum absolute atomic E-state index is 0.124. The van der Waals surface area contributed by atoms with E-state index in [9.17, 15) is 15.3 Å². The maximum Gasteiger partial charge on any atom is 0.119 e. The quantitative estimate of drug-likeness (QED) is 0.577. The van der Waals surface area contributed by atoms with E-state index in [0.717, 1.165) is 5.56 Å². The first kappa shape index (κ1) is 17.2. The average molecular weight is 355 g/mol. The van der Waals surface area contributed by atoms with Crippen LogP contribution in [0.3, 0.4) is 0 Å². The number of alkyl halides is 1. The molecule has 0 radical (unpaired) electrons. The third-order valence-electron chi connectivity index (χ3n) is 4.31. The molecule has 1 atom stereocenters. The van der Waals surface area contributed by atoms with Crippen LogP contribution >= 0.6 is 11.6 Å². The number of benzene rings is 3. The van der Waals surface area contributed by atoms with Gasteiger partial charge in [-0.2, -0.15) is 0 Å². The molecule has 0 saturated heterocycles. The van der Waals surface area contributed by atoms with Crippen LogP contribution in [0.4, 0.5) is 0 Å². The van der Waals surface area contributed by atoms with Crippen LogP contribution in [0, 0.1) is 0 Å². The number of rotatable bonds is 5. The molecular formula is C21H19ClO3. The summed E-state index contributed by atoms with van der Waals surface area (Å²) in [5, 5.41) is 30.2. The first-order valence-electron chi connectivity index (χ1n) is 8.04. The Morgan fingerprint density at radius 1 is 0.640 bits per heavy atom. The number of phenols is 3. The lowest BCUT2D eigenvalue weighted by atomic mass is 9.84. The highest BCUT2D eigenvalue weighted by Crippen LogP contribution is 2.41. The van der Waals surface area contributed by atoms with Gasteiger partial charge in [0.15, 0.2) is 0 Å². The van der Waals surface area contributed by atoms with Gasteiger partial charge < -0.3 is 15.3 Å². The summed E-state index contributed by atoms with van der Waals surface area (Å²) in [6, 6.07) is 21.0. The van der Waals surface area contributed by atoms with Crippen molar-refractivity contribution in [2.24, 2.45) is 0 Å². The molecule has 0 saturated carbocycles. The second-order valence-corrected chi connectivity index (χ2v) is 6.50. The predicted octanol–water partition coefficient (Wildman–Crippen LogP) is 4.79. The molecule has 0 aromatic heterocycles. The Bertz CT molecular complexity index is 818. The lowest BCUT2D eigenvalue weighted by Crippen LogP contribution is -2.17. The fourth-order valence-electron chi connectivity index (χ4n) is 3.07. The van der Waals surface area contributed by atoms with Gasteiger partial charge in [0, 0.05) is 22.4 Å². The number of para-hydroxylation sites is 3. The van der Waals surface area contributed by atoms with Crippen LogP contribution in [0.25, 0.3) is 0 Å². The van der Waals surface area contributed by atoms with Gasteiger partial charge in [-0.1, -0.05) is 54.6 Å². The van der Waals surface area contributed by atoms with Crippen molar-refractivity contribution in [3.8, 4) is 17.2 Å². The third-order valence-corrected chi connectivity index (χ3v) is 4.72. The fourth-order valence-corrected chi connectivity index (χ4v) is 3.51. The summed E-state index contributed by atoms with van der Waals surface area (Å²) >= 11 is 6.73. The minimum Gasteiger partial charge on any atom is -0.508 e. The lowest BCUT2D eigenvalue weighted by molar-refractivity contribution is 0.449. The van der Waals surface area contributed by atoms with Crippen LogP contribution in [-0.2, 0) is 6.42 Å². The number of hydrogen-bond donors (Lipinski definition) is 3. The summed E-state index contributed by atoms with van der Waals surface area (Å²) in [5.74, 6) is 0.00233. The van der Waals surface area contributed by atoms with Crippen LogP contribution in [0.5, 0.6) is 17.2 Å². The molecule has 3 N–H and O–H groups in total. The van der Waals surface area contributed by atoms with Crippen LogP contribution in [0.1, 0.15) is 22.6 Å². The molecule has 0 fully saturated rings. The standard InChI is InChI=1S/C21H19ClO3/c22-17(13-14-7-1-4-10-18(14)23)21(15-8-2-5-11-19(15)24)16-9-3-6-12-20(16)25/h1-12,17,21,23-25H,13H2. The van der Waals surface area contributed by atoms with Gasteiger partial charge in [0.2, 0.25) is 0 Å². The first-order valence-corrected chi connectivity index (χ1v) is 8.48. The third kappa shape index (κ3) is 3.72. The Kier molecular flexibility index (Phi) is 5.15. The number of aromatic hydroxyl groups is 3. The Hall–Kier alpha value is -2.65. The molecule has 4 heteroatoms. The van der Waals surface area contributed by atoms with E-state index in [0.29, 0.717) is 17.5 Å². The van der Waals surface area contributed by atoms with Crippen LogP contribution in [0.2, 0.25) is 0 Å². The number of hydrogen-bond acceptors (Lipinski definition) is 3. The van der Waals surface area contributed by atoms with E-state index < -0.39 is 11.3 Å². The van der Waals surface area contributed by atoms with Crippen molar-refractivity contribution in [3.05, 3.63) is 89.5 Å². The molecule has 0 aliphatic heterocycles. The van der Waals surface area contributed by atoms with Crippen molar-refractivity contribution < 1.29 is 15.3 Å². The molecule has 1 unspecified atom stereocenters. The van der Waals surface area contributed by atoms with Gasteiger partial charge in [-0.05, 0) is 30.2 Å². The molecule has 0 amide bonds. The molecule has 0 spiro atoms. The highest BCUT2D eigenvalue weighted by molar-refractivity contribution is 6.21. The normalized spacial score (nSPS) is 12.2. The molecule has 3 nitrogen and oxygen atoms in total. The summed E-state index contributed by atoms with van der Waals surface area (Å²) in [6.45, 7) is 0. The maximum atomic E-state index is 10.3. The zero-order valence-corrected chi connectivity index (χ0v) is 14.3. The van der Waals surface area contributed by atoms with E-state index >= 15 is 0 Å². The van der Waals surface area contributed by atoms with Gasteiger partial charge in [0.1, 0.15) is 17.2 Å². The van der Waals surface area contributed by atoms with Gasteiger partial charge in [0.25, 0.3) is 0 Å². The van der Waals surface area contributed by atoms with Crippen molar-refractivity contribution in [2.45, 2.75) is 17.7 Å². The molecule has 3 aromatic carbocycles. The summed E-state index contributed by atoms with van der Waals surface area (Å²) in [7, 11) is 0. The maximum absolute atomic E-state index is 10.3. The topological polar surface area (TPSA) is 60.7 Å². The van der Waals surface area contributed by atoms with Gasteiger partial charge in [0.05, 0.1) is 0 Å². The van der Waals surface area contributed by atoms with Crippen molar-refractivity contribution in [2.75, 3.05) is 0 Å². The minimum atomic E-state index is -0.477. The zero-order valence-electron chi connectivity index (χ0n) is 13.5. The molecule has 0 aliphatic rings. The Morgan fingerprint density at radius 2 is 1.08 bits per heavy atom. The summed E-state index contributed by atoms with van der Waals surface area (Å²) in [4.78, 5) is 0. The zero-order chi connectivity index (χ0) is 17.8. The van der Waals surface area contributed by atoms with Crippen LogP contribution < -0.4 is 0 Å². The molecule has 0 bridgehead atoms. The highest BCUT2D eigenvalue weighted by atomic mass is 35.5. The molecule has 128 valence electrons. The van der Waals surface area contributed by atoms with Crippen LogP contribution in [0.15, 0.2) is 72.8 Å². The van der Waals surface area contributed by atoms with Crippen molar-refractivity contribution in [3.63, 3.8) is 0 Å². The molecule has 0 aliphatic carbocycles. The molecule has 0 heterocycles. The predicted molar refractivity (Wildman–Crippen MR) is 99.5 cm³/mol. The van der Waals surface area contributed by atoms with E-state index in [1.807, 2.05) is 24.3 Å². The number of phenolic OH excluding ortho intramolecular Hbond substituents is 3. The molecule has 3 rings (SSSR count). The van der Waals surface area contributed by atoms with E-state index in [1.54, 1.807) is 48.5 Å². The smallest absolute Gasteiger partial charge is 0.119 e. The van der Waals surface area contributed by atoms with E-state index in [4.69, 9.17) is 11.6 Å². The molecular weight excluding hydrogens is 336 g/mol. The monoisotopic (exact) mass is 354 g/mol. The van der Waals surface area contributed by atoms with Gasteiger partial charge in [-0.15, -0.1) is 11.6 Å². The molecule has 3 aromatic rings. The average Bonchev–Trinajstić information content (AvgIpc) is 2.60. The second kappa shape index (κ2) is 7.49. The van der Waals surface area contributed by atoms with Crippen molar-refractivity contribution >= 4 is 11.6 Å². The van der Waals surface area contributed by atoms with Gasteiger partial charge in [-0.3, -0.25) is 0 Å². The van der Waals surface area contributed by atoms with Crippen LogP contribution in [-0.4, -0.2) is 20.7 Å². The second-order valence-electron chi connectivity index (χ2n) is 5.94. The molecule has 25 heavy (non-hydrogen) atoms. The van der Waals surface area contributed by atoms with Gasteiger partial charge >= 0.3 is 0 Å². The van der Waals surface area contributed by atoms with E-state index in [-0.39, 0.29) is 17.2 Å². The summed E-state index contributed by atoms with van der Waals surface area (Å²) in [5.41, 5.74) is 2.00. The highest BCUT2D eigenvalue weighted by Gasteiger charge is 2.28. The summed E-state index contributed by atoms with van der Waals surface area (Å²) in [6.07, 6.45) is 0.390. The Labute approximate surface area is 151 Å². The SMILES string of the molecule is Oc1ccccc1CC(Cl)C(c1ccccc1O)c1ccccc1O. The number of halogens is 1. The Morgan fingerprint density at radius 3 is 1.56 bits per heavy atom. The fraction of sp³-hybridized carbons (Fsp3) is 0.143. The van der Waals surface area contributed by atoms with Crippen molar-refractivity contribution in [1.29, 1.82) is 0 Å². The van der Waals surface area contributed by atoms with Gasteiger partial charge in [-0.25, -0.2) is 0 Å². The Balaban J connectivity index is 2.04. The first-order chi connectivity index (χ1) is 12.1. The lowest BCUT2D eigenvalue weighted by Gasteiger charge is -2.25. The van der Waals surface area contributed by atoms with E-state index in [2.05, 4.69) is 0 Å². The van der Waals surface area contributed by atoms with E-state index in [1.165, 1.54) is 0 Å².